The molecule has 2 heterocycles. The second-order valence-electron chi connectivity index (χ2n) is 2.31. The molecule has 0 amide bonds. The first kappa shape index (κ1) is 9.47. The smallest absolute Gasteiger partial charge is 0.193 e. The third-order valence-electron chi connectivity index (χ3n) is 1.48. The summed E-state index contributed by atoms with van der Waals surface area (Å²) in [6.07, 6.45) is 0. The van der Waals surface area contributed by atoms with Gasteiger partial charge in [-0.3, -0.25) is 0 Å². The van der Waals surface area contributed by atoms with Gasteiger partial charge in [0.15, 0.2) is 11.6 Å². The van der Waals surface area contributed by atoms with Crippen LogP contribution in [-0.2, 0) is 0 Å². The van der Waals surface area contributed by atoms with Gasteiger partial charge in [0, 0.05) is 4.47 Å². The third-order valence-corrected chi connectivity index (χ3v) is 4.36. The minimum Gasteiger partial charge on any atom is -0.380 e. The maximum atomic E-state index is 5.57. The van der Waals surface area contributed by atoms with Gasteiger partial charge in [0.25, 0.3) is 0 Å². The Labute approximate surface area is 101 Å². The van der Waals surface area contributed by atoms with Crippen LogP contribution < -0.4 is 5.73 Å². The Bertz CT molecular complexity index is 439. The van der Waals surface area contributed by atoms with Gasteiger partial charge in [-0.2, -0.15) is 0 Å². The normalized spacial score (nSPS) is 10.6. The van der Waals surface area contributed by atoms with Crippen LogP contribution >= 0.6 is 49.9 Å². The van der Waals surface area contributed by atoms with Crippen molar-refractivity contribution in [2.24, 2.45) is 0 Å². The molecule has 0 spiro atoms. The summed E-state index contributed by atoms with van der Waals surface area (Å²) < 4.78 is 6.99. The molecule has 2 aromatic rings. The fraction of sp³-hybridized carbons (Fsp3) is 0. The zero-order valence-corrected chi connectivity index (χ0v) is 10.8. The average molecular weight is 371 g/mol. The molecule has 0 radical (unpaired) electrons. The third kappa shape index (κ3) is 1.62. The maximum Gasteiger partial charge on any atom is 0.193 e. The number of hydrogen-bond donors (Lipinski definition) is 1. The van der Waals surface area contributed by atoms with Gasteiger partial charge in [0.05, 0.1) is 4.88 Å². The van der Waals surface area contributed by atoms with Gasteiger partial charge in [-0.25, -0.2) is 0 Å². The number of halogens is 2. The van der Waals surface area contributed by atoms with Crippen LogP contribution in [0.4, 0.5) is 5.82 Å². The van der Waals surface area contributed by atoms with E-state index in [0.717, 1.165) is 18.7 Å². The number of nitrogen functional groups attached to an aromatic ring is 1. The number of nitrogens with two attached hydrogens (primary N) is 1. The van der Waals surface area contributed by atoms with E-state index in [2.05, 4.69) is 43.7 Å². The van der Waals surface area contributed by atoms with E-state index in [-0.39, 0.29) is 0 Å². The van der Waals surface area contributed by atoms with E-state index in [1.165, 1.54) is 0 Å². The molecule has 0 aliphatic heterocycles. The quantitative estimate of drug-likeness (QED) is 0.783. The lowest BCUT2D eigenvalue weighted by Crippen LogP contribution is -1.85. The second-order valence-corrected chi connectivity index (χ2v) is 5.16. The molecule has 3 nitrogen and oxygen atoms in total. The van der Waals surface area contributed by atoms with Crippen molar-refractivity contribution in [2.45, 2.75) is 0 Å². The molecule has 0 saturated carbocycles. The van der Waals surface area contributed by atoms with Crippen molar-refractivity contribution in [1.29, 1.82) is 0 Å². The minimum absolute atomic E-state index is 0.441. The van der Waals surface area contributed by atoms with Gasteiger partial charge in [-0.1, -0.05) is 5.16 Å². The molecule has 0 aromatic carbocycles. The summed E-state index contributed by atoms with van der Waals surface area (Å²) in [6, 6.07) is 1.97. The molecule has 2 N–H and O–H groups in total. The van der Waals surface area contributed by atoms with E-state index in [9.17, 15) is 0 Å². The number of hydrogen-bond acceptors (Lipinski definition) is 4. The van der Waals surface area contributed by atoms with E-state index in [1.54, 1.807) is 11.3 Å². The highest BCUT2D eigenvalue weighted by molar-refractivity contribution is 14.1. The monoisotopic (exact) mass is 370 g/mol. The predicted molar refractivity (Wildman–Crippen MR) is 64.6 cm³/mol. The van der Waals surface area contributed by atoms with E-state index in [4.69, 9.17) is 10.3 Å². The lowest BCUT2D eigenvalue weighted by atomic mass is 10.4. The number of anilines is 1. The molecule has 0 saturated heterocycles. The van der Waals surface area contributed by atoms with Gasteiger partial charge >= 0.3 is 0 Å². The number of rotatable bonds is 1. The summed E-state index contributed by atoms with van der Waals surface area (Å²) in [5.74, 6) is 1.18. The van der Waals surface area contributed by atoms with Gasteiger partial charge in [0.2, 0.25) is 0 Å². The first-order valence-corrected chi connectivity index (χ1v) is 6.09. The molecule has 0 aliphatic carbocycles. The van der Waals surface area contributed by atoms with Crippen molar-refractivity contribution >= 4 is 55.7 Å². The molecule has 6 heteroatoms. The van der Waals surface area contributed by atoms with Crippen molar-refractivity contribution < 1.29 is 4.52 Å². The van der Waals surface area contributed by atoms with Crippen LogP contribution in [0.15, 0.2) is 20.4 Å². The van der Waals surface area contributed by atoms with Crippen LogP contribution in [0.25, 0.3) is 10.6 Å². The van der Waals surface area contributed by atoms with Gasteiger partial charge < -0.3 is 10.3 Å². The number of thiophene rings is 1. The van der Waals surface area contributed by atoms with E-state index >= 15 is 0 Å². The number of aromatic nitrogens is 1. The van der Waals surface area contributed by atoms with Crippen molar-refractivity contribution in [3.05, 3.63) is 19.5 Å². The van der Waals surface area contributed by atoms with E-state index < -0.39 is 0 Å². The topological polar surface area (TPSA) is 52.0 Å². The Balaban J connectivity index is 2.59. The molecule has 2 aromatic heterocycles. The highest BCUT2D eigenvalue weighted by atomic mass is 127. The summed E-state index contributed by atoms with van der Waals surface area (Å²) in [4.78, 5) is 1.02. The second kappa shape index (κ2) is 3.58. The van der Waals surface area contributed by atoms with Crippen molar-refractivity contribution in [3.8, 4) is 10.6 Å². The van der Waals surface area contributed by atoms with Crippen LogP contribution in [-0.4, -0.2) is 5.16 Å². The zero-order chi connectivity index (χ0) is 9.42. The summed E-state index contributed by atoms with van der Waals surface area (Å²) in [5.41, 5.74) is 5.57. The molecule has 0 atom stereocenters. The maximum absolute atomic E-state index is 5.57. The molecule has 0 unspecified atom stereocenters. The standard InChI is InChI=1S/C7H4BrIN2OS/c8-3-1-2-13-6(3)5-4(9)7(10)11-12-5/h1-2H,(H2,10,11). The molecule has 2 rings (SSSR count). The highest BCUT2D eigenvalue weighted by Crippen LogP contribution is 2.37. The Morgan fingerprint density at radius 1 is 1.62 bits per heavy atom. The van der Waals surface area contributed by atoms with Gasteiger partial charge in [0.1, 0.15) is 3.57 Å². The van der Waals surface area contributed by atoms with Gasteiger partial charge in [-0.05, 0) is 50.0 Å². The largest absolute Gasteiger partial charge is 0.380 e. The molecule has 68 valence electrons. The Kier molecular flexibility index (Phi) is 2.61. The lowest BCUT2D eigenvalue weighted by Gasteiger charge is -1.91. The first-order chi connectivity index (χ1) is 6.20. The van der Waals surface area contributed by atoms with Crippen LogP contribution in [0.2, 0.25) is 0 Å². The Hall–Kier alpha value is -0.0800. The summed E-state index contributed by atoms with van der Waals surface area (Å²) in [7, 11) is 0. The van der Waals surface area contributed by atoms with Crippen LogP contribution in [0, 0.1) is 3.57 Å². The molecular formula is C7H4BrIN2OS. The van der Waals surface area contributed by atoms with Crippen molar-refractivity contribution in [1.82, 2.24) is 5.16 Å². The average Bonchev–Trinajstić information content (AvgIpc) is 2.62. The molecule has 0 bridgehead atoms. The number of nitrogens with zero attached hydrogens (tertiary/aromatic N) is 1. The highest BCUT2D eigenvalue weighted by Gasteiger charge is 2.16. The van der Waals surface area contributed by atoms with Crippen molar-refractivity contribution in [2.75, 3.05) is 5.73 Å². The zero-order valence-electron chi connectivity index (χ0n) is 6.25. The van der Waals surface area contributed by atoms with Crippen LogP contribution in [0.3, 0.4) is 0 Å². The lowest BCUT2D eigenvalue weighted by molar-refractivity contribution is 0.436. The Morgan fingerprint density at radius 2 is 2.38 bits per heavy atom. The summed E-state index contributed by atoms with van der Waals surface area (Å²) in [6.45, 7) is 0. The SMILES string of the molecule is Nc1noc(-c2sccc2Br)c1I. The van der Waals surface area contributed by atoms with Crippen LogP contribution in [0.1, 0.15) is 0 Å². The molecule has 0 aliphatic rings. The minimum atomic E-state index is 0.441. The fourth-order valence-electron chi connectivity index (χ4n) is 0.888. The molecule has 0 fully saturated rings. The van der Waals surface area contributed by atoms with Crippen molar-refractivity contribution in [3.63, 3.8) is 0 Å². The fourth-order valence-corrected chi connectivity index (χ4v) is 3.07. The van der Waals surface area contributed by atoms with Gasteiger partial charge in [-0.15, -0.1) is 11.3 Å². The predicted octanol–water partition coefficient (Wildman–Crippen LogP) is 3.35. The van der Waals surface area contributed by atoms with E-state index in [1.807, 2.05) is 11.4 Å². The molecule has 13 heavy (non-hydrogen) atoms. The van der Waals surface area contributed by atoms with Crippen LogP contribution in [0.5, 0.6) is 0 Å². The molecular weight excluding hydrogens is 367 g/mol. The van der Waals surface area contributed by atoms with E-state index in [0.29, 0.717) is 5.82 Å². The summed E-state index contributed by atoms with van der Waals surface area (Å²) in [5, 5.41) is 5.67. The first-order valence-electron chi connectivity index (χ1n) is 3.34. The Morgan fingerprint density at radius 3 is 2.85 bits per heavy atom. The summed E-state index contributed by atoms with van der Waals surface area (Å²) >= 11 is 7.14.